The van der Waals surface area contributed by atoms with Crippen molar-refractivity contribution in [3.8, 4) is 22.9 Å². The highest BCUT2D eigenvalue weighted by atomic mass is 35.5. The monoisotopic (exact) mass is 502 g/mol. The number of rotatable bonds is 7. The van der Waals surface area contributed by atoms with Crippen LogP contribution in [0.3, 0.4) is 0 Å². The highest BCUT2D eigenvalue weighted by Crippen LogP contribution is 2.41. The number of sulfone groups is 1. The first-order valence-corrected chi connectivity index (χ1v) is 12.1. The van der Waals surface area contributed by atoms with Crippen LogP contribution in [0.4, 0.5) is 13.2 Å². The Bertz CT molecular complexity index is 1240. The topological polar surface area (TPSA) is 91.5 Å². The molecule has 1 aliphatic heterocycles. The van der Waals surface area contributed by atoms with Crippen molar-refractivity contribution in [3.63, 3.8) is 0 Å². The van der Waals surface area contributed by atoms with E-state index in [4.69, 9.17) is 25.6 Å². The predicted molar refractivity (Wildman–Crippen MR) is 112 cm³/mol. The number of hydrogen-bond acceptors (Lipinski definition) is 7. The maximum atomic E-state index is 13.8. The van der Waals surface area contributed by atoms with Crippen LogP contribution in [0.25, 0.3) is 11.4 Å². The molecule has 0 saturated carbocycles. The van der Waals surface area contributed by atoms with E-state index in [1.54, 1.807) is 0 Å². The van der Waals surface area contributed by atoms with Crippen LogP contribution in [0.2, 0.25) is 0 Å². The molecule has 33 heavy (non-hydrogen) atoms. The van der Waals surface area contributed by atoms with E-state index >= 15 is 0 Å². The Morgan fingerprint density at radius 1 is 1.15 bits per heavy atom. The minimum absolute atomic E-state index is 0.0362. The lowest BCUT2D eigenvalue weighted by molar-refractivity contribution is -0.138. The van der Waals surface area contributed by atoms with Crippen molar-refractivity contribution in [2.45, 2.75) is 35.9 Å². The summed E-state index contributed by atoms with van der Waals surface area (Å²) in [5, 5.41) is 3.62. The number of halogens is 4. The van der Waals surface area contributed by atoms with Crippen molar-refractivity contribution in [3.05, 3.63) is 53.9 Å². The molecule has 1 unspecified atom stereocenters. The van der Waals surface area contributed by atoms with E-state index in [9.17, 15) is 21.6 Å². The Labute approximate surface area is 192 Å². The summed E-state index contributed by atoms with van der Waals surface area (Å²) in [6, 6.07) is 8.77. The zero-order chi connectivity index (χ0) is 23.6. The van der Waals surface area contributed by atoms with E-state index in [0.29, 0.717) is 13.0 Å². The minimum Gasteiger partial charge on any atom is -0.455 e. The van der Waals surface area contributed by atoms with E-state index in [0.717, 1.165) is 18.6 Å². The third-order valence-corrected chi connectivity index (χ3v) is 7.01. The van der Waals surface area contributed by atoms with E-state index in [1.165, 1.54) is 30.3 Å². The van der Waals surface area contributed by atoms with Crippen LogP contribution in [0.1, 0.15) is 24.3 Å². The second-order valence-electron chi connectivity index (χ2n) is 7.32. The molecule has 1 aromatic heterocycles. The van der Waals surface area contributed by atoms with Crippen molar-refractivity contribution in [1.82, 2.24) is 10.1 Å². The lowest BCUT2D eigenvalue weighted by Gasteiger charge is -2.17. The van der Waals surface area contributed by atoms with Crippen LogP contribution in [0.5, 0.6) is 11.5 Å². The highest BCUT2D eigenvalue weighted by Gasteiger charge is 2.36. The number of benzene rings is 2. The van der Waals surface area contributed by atoms with Crippen LogP contribution >= 0.6 is 11.6 Å². The molecular weight excluding hydrogens is 485 g/mol. The Hall–Kier alpha value is -2.63. The summed E-state index contributed by atoms with van der Waals surface area (Å²) in [5.74, 6) is -1.14. The smallest absolute Gasteiger partial charge is 0.420 e. The number of para-hydroxylation sites is 1. The third-order valence-electron chi connectivity index (χ3n) is 4.96. The molecule has 2 heterocycles. The van der Waals surface area contributed by atoms with Gasteiger partial charge >= 0.3 is 6.18 Å². The summed E-state index contributed by atoms with van der Waals surface area (Å²) < 4.78 is 83.1. The van der Waals surface area contributed by atoms with E-state index in [2.05, 4.69) is 10.1 Å². The van der Waals surface area contributed by atoms with Gasteiger partial charge in [0.05, 0.1) is 17.4 Å². The minimum atomic E-state index is -4.80. The van der Waals surface area contributed by atoms with Crippen LogP contribution in [0.15, 0.2) is 51.9 Å². The summed E-state index contributed by atoms with van der Waals surface area (Å²) in [6.45, 7) is 0.479. The van der Waals surface area contributed by atoms with Gasteiger partial charge in [-0.1, -0.05) is 17.3 Å². The third kappa shape index (κ3) is 5.31. The number of ether oxygens (including phenoxy) is 2. The maximum Gasteiger partial charge on any atom is 0.420 e. The van der Waals surface area contributed by atoms with Crippen molar-refractivity contribution >= 4 is 21.4 Å². The first-order valence-electron chi connectivity index (χ1n) is 9.89. The molecule has 3 aromatic rings. The summed E-state index contributed by atoms with van der Waals surface area (Å²) in [6.07, 6.45) is -3.90. The molecule has 0 N–H and O–H groups in total. The second kappa shape index (κ2) is 9.32. The second-order valence-corrected chi connectivity index (χ2v) is 9.59. The SMILES string of the molecule is O=S(=O)(CC1CCCO1)c1ccccc1Oc1ccc(-c2noc(CCl)n2)cc1C(F)(F)F. The fourth-order valence-electron chi connectivity index (χ4n) is 3.43. The predicted octanol–water partition coefficient (Wildman–Crippen LogP) is 5.24. The standard InChI is InChI=1S/C21H18ClF3N2O5S/c22-11-19-26-20(27-32-19)13-7-8-16(15(10-13)21(23,24)25)31-17-5-1-2-6-18(17)33(28,29)12-14-4-3-9-30-14/h1-2,5-8,10,14H,3-4,9,11-12H2. The Morgan fingerprint density at radius 2 is 1.94 bits per heavy atom. The molecule has 0 bridgehead atoms. The average molecular weight is 503 g/mol. The van der Waals surface area contributed by atoms with Gasteiger partial charge < -0.3 is 14.0 Å². The molecule has 0 spiro atoms. The summed E-state index contributed by atoms with van der Waals surface area (Å²) >= 11 is 5.60. The molecule has 2 aromatic carbocycles. The van der Waals surface area contributed by atoms with Gasteiger partial charge in [0.2, 0.25) is 11.7 Å². The molecule has 176 valence electrons. The van der Waals surface area contributed by atoms with Gasteiger partial charge in [0.1, 0.15) is 22.3 Å². The summed E-state index contributed by atoms with van der Waals surface area (Å²) in [7, 11) is -3.87. The van der Waals surface area contributed by atoms with Gasteiger partial charge in [-0.05, 0) is 43.2 Å². The fraction of sp³-hybridized carbons (Fsp3) is 0.333. The molecule has 0 radical (unpaired) electrons. The van der Waals surface area contributed by atoms with Gasteiger partial charge in [-0.15, -0.1) is 11.6 Å². The first-order chi connectivity index (χ1) is 15.7. The fourth-order valence-corrected chi connectivity index (χ4v) is 5.17. The molecule has 1 aliphatic rings. The summed E-state index contributed by atoms with van der Waals surface area (Å²) in [4.78, 5) is 3.72. The van der Waals surface area contributed by atoms with Gasteiger partial charge in [-0.3, -0.25) is 0 Å². The van der Waals surface area contributed by atoms with Gasteiger partial charge in [-0.25, -0.2) is 8.42 Å². The zero-order valence-electron chi connectivity index (χ0n) is 17.0. The number of hydrogen-bond donors (Lipinski definition) is 0. The average Bonchev–Trinajstić information content (AvgIpc) is 3.45. The van der Waals surface area contributed by atoms with Crippen LogP contribution in [-0.2, 0) is 26.6 Å². The maximum absolute atomic E-state index is 13.8. The van der Waals surface area contributed by atoms with Crippen LogP contribution < -0.4 is 4.74 Å². The van der Waals surface area contributed by atoms with Crippen molar-refractivity contribution in [1.29, 1.82) is 0 Å². The van der Waals surface area contributed by atoms with Gasteiger partial charge in [0.15, 0.2) is 9.84 Å². The molecule has 0 amide bonds. The van der Waals surface area contributed by atoms with E-state index < -0.39 is 33.4 Å². The number of alkyl halides is 4. The molecule has 12 heteroatoms. The quantitative estimate of drug-likeness (QED) is 0.408. The Morgan fingerprint density at radius 3 is 2.61 bits per heavy atom. The molecule has 1 fully saturated rings. The summed E-state index contributed by atoms with van der Waals surface area (Å²) in [5.41, 5.74) is -1.09. The molecule has 1 saturated heterocycles. The molecule has 4 rings (SSSR count). The van der Waals surface area contributed by atoms with Gasteiger partial charge in [-0.2, -0.15) is 18.2 Å². The van der Waals surface area contributed by atoms with Crippen molar-refractivity contribution in [2.24, 2.45) is 0 Å². The van der Waals surface area contributed by atoms with E-state index in [-0.39, 0.29) is 39.6 Å². The first kappa shape index (κ1) is 23.5. The molecular formula is C21H18ClF3N2O5S. The number of nitrogens with zero attached hydrogens (tertiary/aromatic N) is 2. The Kier molecular flexibility index (Phi) is 6.64. The van der Waals surface area contributed by atoms with Crippen molar-refractivity contribution < 1.29 is 35.6 Å². The highest BCUT2D eigenvalue weighted by molar-refractivity contribution is 7.91. The van der Waals surface area contributed by atoms with E-state index in [1.807, 2.05) is 0 Å². The number of aromatic nitrogens is 2. The van der Waals surface area contributed by atoms with Crippen LogP contribution in [-0.4, -0.2) is 37.0 Å². The van der Waals surface area contributed by atoms with Gasteiger partial charge in [0, 0.05) is 12.2 Å². The molecule has 0 aliphatic carbocycles. The molecule has 1 atom stereocenters. The van der Waals surface area contributed by atoms with Crippen LogP contribution in [0, 0.1) is 0 Å². The lowest BCUT2D eigenvalue weighted by atomic mass is 10.1. The molecule has 7 nitrogen and oxygen atoms in total. The van der Waals surface area contributed by atoms with Crippen molar-refractivity contribution in [2.75, 3.05) is 12.4 Å². The Balaban J connectivity index is 1.69. The largest absolute Gasteiger partial charge is 0.455 e. The zero-order valence-corrected chi connectivity index (χ0v) is 18.6. The van der Waals surface area contributed by atoms with Gasteiger partial charge in [0.25, 0.3) is 0 Å². The lowest BCUT2D eigenvalue weighted by Crippen LogP contribution is -2.20. The normalized spacial score (nSPS) is 16.8.